The molecule has 3 N–H and O–H groups in total. The predicted molar refractivity (Wildman–Crippen MR) is 68.4 cm³/mol. The Kier molecular flexibility index (Phi) is 5.29. The van der Waals surface area contributed by atoms with Gasteiger partial charge in [0.25, 0.3) is 0 Å². The first kappa shape index (κ1) is 16.2. The number of hydrogen-bond donors (Lipinski definition) is 2. The second kappa shape index (κ2) is 6.53. The van der Waals surface area contributed by atoms with Crippen LogP contribution in [0.5, 0.6) is 0 Å². The molecule has 0 spiro atoms. The molecule has 1 saturated heterocycles. The van der Waals surface area contributed by atoms with Crippen molar-refractivity contribution in [3.63, 3.8) is 0 Å². The highest BCUT2D eigenvalue weighted by Gasteiger charge is 2.42. The van der Waals surface area contributed by atoms with Crippen molar-refractivity contribution in [2.45, 2.75) is 38.5 Å². The van der Waals surface area contributed by atoms with Crippen molar-refractivity contribution >= 4 is 17.9 Å². The van der Waals surface area contributed by atoms with Gasteiger partial charge in [0.1, 0.15) is 18.3 Å². The van der Waals surface area contributed by atoms with E-state index in [-0.39, 0.29) is 18.9 Å². The average molecular weight is 289 g/mol. The van der Waals surface area contributed by atoms with E-state index < -0.39 is 36.2 Å². The summed E-state index contributed by atoms with van der Waals surface area (Å²) in [6.07, 6.45) is -2.16. The molecule has 3 atom stereocenters. The Morgan fingerprint density at radius 3 is 2.45 bits per heavy atom. The number of rotatable bonds is 4. The molecular weight excluding hydrogens is 269 g/mol. The summed E-state index contributed by atoms with van der Waals surface area (Å²) in [5.41, 5.74) is 5.18. The minimum atomic E-state index is -1.29. The quantitative estimate of drug-likeness (QED) is 0.747. The highest BCUT2D eigenvalue weighted by Crippen LogP contribution is 2.22. The Morgan fingerprint density at radius 1 is 1.40 bits per heavy atom. The van der Waals surface area contributed by atoms with Crippen LogP contribution in [0.25, 0.3) is 0 Å². The summed E-state index contributed by atoms with van der Waals surface area (Å²) in [4.78, 5) is 36.0. The van der Waals surface area contributed by atoms with Gasteiger partial charge in [-0.05, 0) is 5.92 Å². The molecule has 0 aromatic rings. The van der Waals surface area contributed by atoms with Gasteiger partial charge in [-0.3, -0.25) is 9.59 Å². The van der Waals surface area contributed by atoms with Crippen LogP contribution < -0.4 is 11.1 Å². The lowest BCUT2D eigenvalue weighted by Crippen LogP contribution is -2.54. The van der Waals surface area contributed by atoms with Gasteiger partial charge in [-0.2, -0.15) is 0 Å². The molecule has 0 bridgehead atoms. The summed E-state index contributed by atoms with van der Waals surface area (Å²) in [7, 11) is 1.18. The molecule has 0 saturated carbocycles. The first-order valence-corrected chi connectivity index (χ1v) is 6.36. The predicted octanol–water partition coefficient (Wildman–Crippen LogP) is -0.209. The van der Waals surface area contributed by atoms with Gasteiger partial charge in [0.15, 0.2) is 0 Å². The van der Waals surface area contributed by atoms with E-state index in [9.17, 15) is 18.8 Å². The number of likely N-dealkylation sites (tertiary alicyclic amines) is 1. The van der Waals surface area contributed by atoms with Crippen LogP contribution in [-0.4, -0.2) is 54.7 Å². The molecule has 0 radical (unpaired) electrons. The molecule has 0 aromatic heterocycles. The van der Waals surface area contributed by atoms with E-state index in [2.05, 4.69) is 10.1 Å². The molecule has 1 aliphatic heterocycles. The molecule has 114 valence electrons. The summed E-state index contributed by atoms with van der Waals surface area (Å²) in [5.74, 6) is -1.53. The fraction of sp³-hybridized carbons (Fsp3) is 0.750. The zero-order chi connectivity index (χ0) is 15.4. The topological polar surface area (TPSA) is 102 Å². The Morgan fingerprint density at radius 2 is 2.00 bits per heavy atom. The molecule has 8 heteroatoms. The Balaban J connectivity index is 2.88. The summed E-state index contributed by atoms with van der Waals surface area (Å²) in [6.45, 7) is 3.25. The lowest BCUT2D eigenvalue weighted by molar-refractivity contribution is -0.139. The fourth-order valence-corrected chi connectivity index (χ4v) is 2.18. The van der Waals surface area contributed by atoms with Crippen LogP contribution >= 0.6 is 0 Å². The van der Waals surface area contributed by atoms with Crippen LogP contribution in [0, 0.1) is 5.92 Å². The number of hydrogen-bond acceptors (Lipinski definition) is 4. The minimum Gasteiger partial charge on any atom is -0.453 e. The Labute approximate surface area is 116 Å². The number of alkyl carbamates (subject to hydrolysis) is 1. The van der Waals surface area contributed by atoms with Crippen molar-refractivity contribution in [2.75, 3.05) is 13.7 Å². The number of amides is 3. The van der Waals surface area contributed by atoms with E-state index in [0.29, 0.717) is 0 Å². The number of halogens is 1. The van der Waals surface area contributed by atoms with Gasteiger partial charge in [0.2, 0.25) is 11.8 Å². The third-order valence-corrected chi connectivity index (χ3v) is 3.25. The summed E-state index contributed by atoms with van der Waals surface area (Å²) < 4.78 is 17.9. The van der Waals surface area contributed by atoms with Crippen LogP contribution in [0.2, 0.25) is 0 Å². The van der Waals surface area contributed by atoms with Crippen LogP contribution in [0.1, 0.15) is 20.3 Å². The van der Waals surface area contributed by atoms with E-state index in [0.717, 1.165) is 4.90 Å². The van der Waals surface area contributed by atoms with Crippen molar-refractivity contribution in [1.29, 1.82) is 0 Å². The molecule has 7 nitrogen and oxygen atoms in total. The lowest BCUT2D eigenvalue weighted by atomic mass is 10.0. The SMILES string of the molecule is COC(=O)N[C@H](C(=O)N1C[C@@H](F)C[C@H]1C(N)=O)C(C)C. The molecule has 1 aliphatic rings. The normalized spacial score (nSPS) is 23.6. The fourth-order valence-electron chi connectivity index (χ4n) is 2.18. The van der Waals surface area contributed by atoms with Gasteiger partial charge in [0, 0.05) is 6.42 Å². The summed E-state index contributed by atoms with van der Waals surface area (Å²) >= 11 is 0. The van der Waals surface area contributed by atoms with Crippen molar-refractivity contribution in [3.8, 4) is 0 Å². The molecule has 0 unspecified atom stereocenters. The second-order valence-electron chi connectivity index (χ2n) is 5.10. The smallest absolute Gasteiger partial charge is 0.407 e. The largest absolute Gasteiger partial charge is 0.453 e. The number of nitrogens with one attached hydrogen (secondary N) is 1. The van der Waals surface area contributed by atoms with Crippen molar-refractivity contribution in [2.24, 2.45) is 11.7 Å². The maximum Gasteiger partial charge on any atom is 0.407 e. The van der Waals surface area contributed by atoms with E-state index in [4.69, 9.17) is 5.73 Å². The van der Waals surface area contributed by atoms with Crippen LogP contribution in [-0.2, 0) is 14.3 Å². The molecule has 20 heavy (non-hydrogen) atoms. The number of nitrogens with two attached hydrogens (primary N) is 1. The first-order chi connectivity index (χ1) is 9.27. The maximum absolute atomic E-state index is 13.4. The monoisotopic (exact) mass is 289 g/mol. The van der Waals surface area contributed by atoms with Crippen LogP contribution in [0.4, 0.5) is 9.18 Å². The number of ether oxygens (including phenoxy) is 1. The zero-order valence-electron chi connectivity index (χ0n) is 11.8. The van der Waals surface area contributed by atoms with Gasteiger partial charge >= 0.3 is 6.09 Å². The minimum absolute atomic E-state index is 0.107. The number of carbonyl (C=O) groups is 3. The number of carbonyl (C=O) groups excluding carboxylic acids is 3. The van der Waals surface area contributed by atoms with Crippen molar-refractivity contribution < 1.29 is 23.5 Å². The third-order valence-electron chi connectivity index (χ3n) is 3.25. The van der Waals surface area contributed by atoms with Crippen LogP contribution in [0.3, 0.4) is 0 Å². The number of primary amides is 1. The molecule has 0 aromatic carbocycles. The van der Waals surface area contributed by atoms with Gasteiger partial charge in [-0.15, -0.1) is 0 Å². The number of methoxy groups -OCH3 is 1. The summed E-state index contributed by atoms with van der Waals surface area (Å²) in [6, 6.07) is -1.87. The van der Waals surface area contributed by atoms with Gasteiger partial charge in [-0.1, -0.05) is 13.8 Å². The zero-order valence-corrected chi connectivity index (χ0v) is 11.8. The number of nitrogens with zero attached hydrogens (tertiary/aromatic N) is 1. The van der Waals surface area contributed by atoms with Gasteiger partial charge in [0.05, 0.1) is 13.7 Å². The van der Waals surface area contributed by atoms with E-state index in [1.807, 2.05) is 0 Å². The molecule has 0 aliphatic carbocycles. The molecule has 3 amide bonds. The first-order valence-electron chi connectivity index (χ1n) is 6.36. The highest BCUT2D eigenvalue weighted by atomic mass is 19.1. The average Bonchev–Trinajstić information content (AvgIpc) is 2.76. The van der Waals surface area contributed by atoms with E-state index in [1.54, 1.807) is 13.8 Å². The van der Waals surface area contributed by atoms with E-state index in [1.165, 1.54) is 7.11 Å². The van der Waals surface area contributed by atoms with Gasteiger partial charge in [-0.25, -0.2) is 9.18 Å². The van der Waals surface area contributed by atoms with Crippen LogP contribution in [0.15, 0.2) is 0 Å². The summed E-state index contributed by atoms with van der Waals surface area (Å²) in [5, 5.41) is 2.39. The van der Waals surface area contributed by atoms with Crippen molar-refractivity contribution in [1.82, 2.24) is 10.2 Å². The second-order valence-corrected chi connectivity index (χ2v) is 5.10. The number of alkyl halides is 1. The van der Waals surface area contributed by atoms with E-state index >= 15 is 0 Å². The maximum atomic E-state index is 13.4. The molecule has 1 fully saturated rings. The Bertz CT molecular complexity index is 402. The molecule has 1 rings (SSSR count). The third kappa shape index (κ3) is 3.58. The standard InChI is InChI=1S/C12H20FN3O4/c1-6(2)9(15-12(19)20-3)11(18)16-5-7(13)4-8(16)10(14)17/h6-9H,4-5H2,1-3H3,(H2,14,17)(H,15,19)/t7-,8-,9-/m0/s1. The lowest BCUT2D eigenvalue weighted by Gasteiger charge is -2.29. The molecular formula is C12H20FN3O4. The molecule has 1 heterocycles. The van der Waals surface area contributed by atoms with Crippen molar-refractivity contribution in [3.05, 3.63) is 0 Å². The van der Waals surface area contributed by atoms with Gasteiger partial charge < -0.3 is 20.7 Å². The Hall–Kier alpha value is -1.86. The highest BCUT2D eigenvalue weighted by molar-refractivity contribution is 5.91.